The lowest BCUT2D eigenvalue weighted by Crippen LogP contribution is -2.52. The number of urea groups is 1. The highest BCUT2D eigenvalue weighted by atomic mass is 16.5. The molecule has 0 spiro atoms. The van der Waals surface area contributed by atoms with E-state index in [0.29, 0.717) is 13.1 Å². The molecule has 2 aromatic carbocycles. The number of nitrogens with one attached hydrogen (secondary N) is 1. The summed E-state index contributed by atoms with van der Waals surface area (Å²) < 4.78 is 5.45. The molecule has 1 fully saturated rings. The second-order valence-corrected chi connectivity index (χ2v) is 6.36. The molecule has 0 bridgehead atoms. The van der Waals surface area contributed by atoms with Crippen LogP contribution < -0.4 is 20.7 Å². The van der Waals surface area contributed by atoms with Gasteiger partial charge >= 0.3 is 6.03 Å². The number of nitrogens with two attached hydrogens (primary N) is 1. The third-order valence-corrected chi connectivity index (χ3v) is 4.72. The summed E-state index contributed by atoms with van der Waals surface area (Å²) in [5, 5.41) is 2.22. The topological polar surface area (TPSA) is 87.9 Å². The number of carbonyl (C=O) groups excluding carboxylic acids is 2. The highest BCUT2D eigenvalue weighted by Crippen LogP contribution is 2.30. The van der Waals surface area contributed by atoms with E-state index >= 15 is 0 Å². The lowest BCUT2D eigenvalue weighted by atomic mass is 10.0. The molecule has 3 amide bonds. The van der Waals surface area contributed by atoms with Crippen LogP contribution >= 0.6 is 0 Å². The number of anilines is 1. The SMILES string of the molecule is COc1ccccc1N1CCN([C@@H](C(=O)NC(N)=O)c2ccccc2)CC1. The Balaban J connectivity index is 1.76. The van der Waals surface area contributed by atoms with Crippen LogP contribution in [0.5, 0.6) is 5.75 Å². The average molecular weight is 368 g/mol. The minimum Gasteiger partial charge on any atom is -0.495 e. The second-order valence-electron chi connectivity index (χ2n) is 6.36. The van der Waals surface area contributed by atoms with Crippen LogP contribution in [0, 0.1) is 0 Å². The van der Waals surface area contributed by atoms with Crippen LogP contribution in [0.2, 0.25) is 0 Å². The summed E-state index contributed by atoms with van der Waals surface area (Å²) in [4.78, 5) is 28.1. The molecule has 2 aromatic rings. The number of hydrogen-bond donors (Lipinski definition) is 2. The maximum Gasteiger partial charge on any atom is 0.318 e. The molecule has 0 radical (unpaired) electrons. The van der Waals surface area contributed by atoms with Crippen molar-refractivity contribution >= 4 is 17.6 Å². The number of piperazine rings is 1. The molecule has 7 nitrogen and oxygen atoms in total. The van der Waals surface area contributed by atoms with Gasteiger partial charge in [0, 0.05) is 26.2 Å². The molecule has 3 N–H and O–H groups in total. The van der Waals surface area contributed by atoms with Crippen molar-refractivity contribution in [2.45, 2.75) is 6.04 Å². The maximum absolute atomic E-state index is 12.6. The molecule has 7 heteroatoms. The summed E-state index contributed by atoms with van der Waals surface area (Å²) in [5.74, 6) is 0.427. The van der Waals surface area contributed by atoms with E-state index in [9.17, 15) is 9.59 Å². The smallest absolute Gasteiger partial charge is 0.318 e. The van der Waals surface area contributed by atoms with Gasteiger partial charge in [-0.3, -0.25) is 15.0 Å². The average Bonchev–Trinajstić information content (AvgIpc) is 2.69. The predicted octanol–water partition coefficient (Wildman–Crippen LogP) is 1.75. The Morgan fingerprint density at radius 3 is 2.26 bits per heavy atom. The van der Waals surface area contributed by atoms with E-state index in [0.717, 1.165) is 30.1 Å². The molecule has 1 aliphatic heterocycles. The number of benzene rings is 2. The van der Waals surface area contributed by atoms with E-state index in [1.807, 2.05) is 54.6 Å². The van der Waals surface area contributed by atoms with Gasteiger partial charge in [-0.1, -0.05) is 42.5 Å². The minimum absolute atomic E-state index is 0.403. The molecule has 1 aliphatic rings. The Hall–Kier alpha value is -3.06. The largest absolute Gasteiger partial charge is 0.495 e. The molecule has 1 atom stereocenters. The summed E-state index contributed by atoms with van der Waals surface area (Å²) in [6, 6.07) is 15.9. The van der Waals surface area contributed by atoms with E-state index in [4.69, 9.17) is 10.5 Å². The fourth-order valence-electron chi connectivity index (χ4n) is 3.47. The van der Waals surface area contributed by atoms with Crippen molar-refractivity contribution in [1.29, 1.82) is 0 Å². The number of primary amides is 1. The first kappa shape index (κ1) is 18.7. The third-order valence-electron chi connectivity index (χ3n) is 4.72. The Morgan fingerprint density at radius 1 is 1.00 bits per heavy atom. The molecule has 0 unspecified atom stereocenters. The van der Waals surface area contributed by atoms with Gasteiger partial charge in [0.15, 0.2) is 0 Å². The van der Waals surface area contributed by atoms with Crippen LogP contribution in [0.25, 0.3) is 0 Å². The van der Waals surface area contributed by atoms with Crippen LogP contribution in [0.15, 0.2) is 54.6 Å². The van der Waals surface area contributed by atoms with Gasteiger partial charge in [-0.25, -0.2) is 4.79 Å². The van der Waals surface area contributed by atoms with E-state index in [1.165, 1.54) is 0 Å². The lowest BCUT2D eigenvalue weighted by molar-refractivity contribution is -0.125. The first-order chi connectivity index (χ1) is 13.1. The van der Waals surface area contributed by atoms with Crippen molar-refractivity contribution in [1.82, 2.24) is 10.2 Å². The van der Waals surface area contributed by atoms with Gasteiger partial charge in [0.25, 0.3) is 0 Å². The van der Waals surface area contributed by atoms with Gasteiger partial charge in [-0.05, 0) is 17.7 Å². The van der Waals surface area contributed by atoms with Crippen LogP contribution in [0.3, 0.4) is 0 Å². The van der Waals surface area contributed by atoms with Crippen LogP contribution in [0.1, 0.15) is 11.6 Å². The second kappa shape index (κ2) is 8.55. The number of para-hydroxylation sites is 2. The molecule has 1 saturated heterocycles. The molecule has 142 valence electrons. The molecular formula is C20H24N4O3. The third kappa shape index (κ3) is 4.38. The lowest BCUT2D eigenvalue weighted by Gasteiger charge is -2.40. The number of methoxy groups -OCH3 is 1. The van der Waals surface area contributed by atoms with Crippen LogP contribution in [-0.4, -0.2) is 50.1 Å². The first-order valence-electron chi connectivity index (χ1n) is 8.87. The van der Waals surface area contributed by atoms with Crippen molar-refractivity contribution in [2.75, 3.05) is 38.2 Å². The standard InChI is InChI=1S/C20H24N4O3/c1-27-17-10-6-5-9-16(17)23-11-13-24(14-12-23)18(19(25)22-20(21)26)15-7-3-2-4-8-15/h2-10,18H,11-14H2,1H3,(H3,21,22,25,26)/t18-/m1/s1. The predicted molar refractivity (Wildman–Crippen MR) is 104 cm³/mol. The van der Waals surface area contributed by atoms with Gasteiger partial charge in [0.2, 0.25) is 5.91 Å². The summed E-state index contributed by atoms with van der Waals surface area (Å²) in [5.41, 5.74) is 7.03. The van der Waals surface area contributed by atoms with Crippen molar-refractivity contribution < 1.29 is 14.3 Å². The van der Waals surface area contributed by atoms with E-state index in [1.54, 1.807) is 7.11 Å². The molecule has 3 rings (SSSR count). The Bertz CT molecular complexity index is 789. The van der Waals surface area contributed by atoms with E-state index in [-0.39, 0.29) is 0 Å². The Morgan fingerprint density at radius 2 is 1.63 bits per heavy atom. The number of ether oxygens (including phenoxy) is 1. The quantitative estimate of drug-likeness (QED) is 0.840. The number of carbonyl (C=O) groups is 2. The zero-order valence-corrected chi connectivity index (χ0v) is 15.3. The van der Waals surface area contributed by atoms with Gasteiger partial charge in [0.05, 0.1) is 12.8 Å². The van der Waals surface area contributed by atoms with Gasteiger partial charge in [0.1, 0.15) is 11.8 Å². The molecule has 27 heavy (non-hydrogen) atoms. The van der Waals surface area contributed by atoms with Gasteiger partial charge < -0.3 is 15.4 Å². The number of imide groups is 1. The Kier molecular flexibility index (Phi) is 5.93. The summed E-state index contributed by atoms with van der Waals surface area (Å²) >= 11 is 0. The summed E-state index contributed by atoms with van der Waals surface area (Å²) in [6.45, 7) is 2.83. The summed E-state index contributed by atoms with van der Waals surface area (Å²) in [6.07, 6.45) is 0. The zero-order chi connectivity index (χ0) is 19.2. The molecular weight excluding hydrogens is 344 g/mol. The highest BCUT2D eigenvalue weighted by Gasteiger charge is 2.31. The van der Waals surface area contributed by atoms with E-state index in [2.05, 4.69) is 15.1 Å². The molecule has 1 heterocycles. The zero-order valence-electron chi connectivity index (χ0n) is 15.3. The van der Waals surface area contributed by atoms with Crippen molar-refractivity contribution in [2.24, 2.45) is 5.73 Å². The van der Waals surface area contributed by atoms with Crippen molar-refractivity contribution in [3.8, 4) is 5.75 Å². The van der Waals surface area contributed by atoms with Gasteiger partial charge in [-0.2, -0.15) is 0 Å². The Labute approximate surface area is 158 Å². The monoisotopic (exact) mass is 368 g/mol. The maximum atomic E-state index is 12.6. The first-order valence-corrected chi connectivity index (χ1v) is 8.87. The van der Waals surface area contributed by atoms with Crippen molar-refractivity contribution in [3.05, 3.63) is 60.2 Å². The molecule has 0 aromatic heterocycles. The minimum atomic E-state index is -0.839. The highest BCUT2D eigenvalue weighted by molar-refractivity contribution is 5.96. The molecule has 0 saturated carbocycles. The normalized spacial score (nSPS) is 15.8. The number of rotatable bonds is 5. The van der Waals surface area contributed by atoms with E-state index < -0.39 is 18.0 Å². The number of nitrogens with zero attached hydrogens (tertiary/aromatic N) is 2. The van der Waals surface area contributed by atoms with Crippen LogP contribution in [0.4, 0.5) is 10.5 Å². The van der Waals surface area contributed by atoms with Crippen molar-refractivity contribution in [3.63, 3.8) is 0 Å². The van der Waals surface area contributed by atoms with Crippen LogP contribution in [-0.2, 0) is 4.79 Å². The summed E-state index contributed by atoms with van der Waals surface area (Å²) in [7, 11) is 1.66. The number of amides is 3. The fourth-order valence-corrected chi connectivity index (χ4v) is 3.47. The molecule has 0 aliphatic carbocycles. The number of hydrogen-bond acceptors (Lipinski definition) is 5. The van der Waals surface area contributed by atoms with Gasteiger partial charge in [-0.15, -0.1) is 0 Å². The fraction of sp³-hybridized carbons (Fsp3) is 0.300.